The molecule has 1 amide bonds. The molecule has 3 aromatic rings. The Bertz CT molecular complexity index is 1190. The lowest BCUT2D eigenvalue weighted by Gasteiger charge is -2.19. The van der Waals surface area contributed by atoms with Crippen LogP contribution in [-0.4, -0.2) is 28.5 Å². The van der Waals surface area contributed by atoms with Crippen molar-refractivity contribution in [1.82, 2.24) is 10.3 Å². The number of nitrogens with one attached hydrogen (secondary N) is 1. The highest BCUT2D eigenvalue weighted by atomic mass is 16.5. The van der Waals surface area contributed by atoms with Crippen LogP contribution in [0.25, 0.3) is 10.8 Å². The van der Waals surface area contributed by atoms with Crippen molar-refractivity contribution < 1.29 is 19.4 Å². The predicted octanol–water partition coefficient (Wildman–Crippen LogP) is 5.87. The average Bonchev–Trinajstić information content (AvgIpc) is 3.30. The zero-order chi connectivity index (χ0) is 24.3. The van der Waals surface area contributed by atoms with Gasteiger partial charge < -0.3 is 15.2 Å². The molecule has 0 saturated heterocycles. The number of pyridine rings is 1. The zero-order valence-corrected chi connectivity index (χ0v) is 20.1. The minimum absolute atomic E-state index is 0.0801. The van der Waals surface area contributed by atoms with Crippen LogP contribution >= 0.6 is 0 Å². The first-order chi connectivity index (χ1) is 16.2. The predicted molar refractivity (Wildman–Crippen MR) is 133 cm³/mol. The first-order valence-corrected chi connectivity index (χ1v) is 11.9. The summed E-state index contributed by atoms with van der Waals surface area (Å²) < 4.78 is 6.15. The van der Waals surface area contributed by atoms with Crippen molar-refractivity contribution >= 4 is 22.6 Å². The van der Waals surface area contributed by atoms with Crippen molar-refractivity contribution in [1.29, 1.82) is 0 Å². The summed E-state index contributed by atoms with van der Waals surface area (Å²) in [7, 11) is 0. The normalized spacial score (nSPS) is 14.3. The number of aromatic nitrogens is 1. The van der Waals surface area contributed by atoms with Gasteiger partial charge in [-0.1, -0.05) is 64.7 Å². The number of benzene rings is 2. The smallest absolute Gasteiger partial charge is 0.322 e. The number of amides is 1. The molecular formula is C28H32N2O4. The molecule has 1 saturated carbocycles. The summed E-state index contributed by atoms with van der Waals surface area (Å²) >= 11 is 0. The number of carboxylic acid groups (broad SMARTS) is 1. The molecule has 0 atom stereocenters. The maximum atomic E-state index is 12.5. The molecule has 1 aliphatic carbocycles. The van der Waals surface area contributed by atoms with Crippen molar-refractivity contribution in [2.24, 2.45) is 5.92 Å². The maximum Gasteiger partial charge on any atom is 0.322 e. The standard InChI is InChI=1S/C28H32N2O4/c1-28(2,3)20-9-12-21(13-10-20)34-22-11-8-19-15-25(27(33)29-17-26(31)32)30-24(23(19)16-22)14-18-6-4-5-7-18/h8-13,15-16,18H,4-7,14,17H2,1-3H3,(H,29,33)(H,31,32). The molecule has 178 valence electrons. The SMILES string of the molecule is CC(C)(C)c1ccc(Oc2ccc3cc(C(=O)NCC(=O)O)nc(CC4CCCC4)c3c2)cc1. The Hall–Kier alpha value is -3.41. The fourth-order valence-corrected chi connectivity index (χ4v) is 4.53. The van der Waals surface area contributed by atoms with Crippen molar-refractivity contribution in [3.05, 3.63) is 65.5 Å². The fourth-order valence-electron chi connectivity index (χ4n) is 4.53. The fraction of sp³-hybridized carbons (Fsp3) is 0.393. The third-order valence-corrected chi connectivity index (χ3v) is 6.43. The molecule has 6 nitrogen and oxygen atoms in total. The monoisotopic (exact) mass is 460 g/mol. The maximum absolute atomic E-state index is 12.5. The van der Waals surface area contributed by atoms with Crippen LogP contribution in [0.15, 0.2) is 48.5 Å². The molecule has 2 aromatic carbocycles. The van der Waals surface area contributed by atoms with Crippen LogP contribution < -0.4 is 10.1 Å². The quantitative estimate of drug-likeness (QED) is 0.460. The van der Waals surface area contributed by atoms with E-state index in [0.717, 1.165) is 41.5 Å². The lowest BCUT2D eigenvalue weighted by atomic mass is 9.87. The highest BCUT2D eigenvalue weighted by Crippen LogP contribution is 2.33. The van der Waals surface area contributed by atoms with E-state index in [-0.39, 0.29) is 11.1 Å². The second-order valence-electron chi connectivity index (χ2n) is 10.1. The molecule has 34 heavy (non-hydrogen) atoms. The number of ether oxygens (including phenoxy) is 1. The number of aliphatic carboxylic acids is 1. The molecule has 1 aromatic heterocycles. The second kappa shape index (κ2) is 9.84. The molecule has 1 heterocycles. The van der Waals surface area contributed by atoms with Crippen LogP contribution in [0.2, 0.25) is 0 Å². The summed E-state index contributed by atoms with van der Waals surface area (Å²) in [5, 5.41) is 13.2. The second-order valence-corrected chi connectivity index (χ2v) is 10.1. The van der Waals surface area contributed by atoms with Gasteiger partial charge in [-0.2, -0.15) is 0 Å². The summed E-state index contributed by atoms with van der Waals surface area (Å²) in [5.41, 5.74) is 2.43. The van der Waals surface area contributed by atoms with E-state index in [0.29, 0.717) is 11.7 Å². The number of hydrogen-bond acceptors (Lipinski definition) is 4. The average molecular weight is 461 g/mol. The number of carbonyl (C=O) groups excluding carboxylic acids is 1. The van der Waals surface area contributed by atoms with Crippen LogP contribution in [0.4, 0.5) is 0 Å². The third kappa shape index (κ3) is 5.74. The lowest BCUT2D eigenvalue weighted by Crippen LogP contribution is -2.30. The molecule has 4 rings (SSSR count). The van der Waals surface area contributed by atoms with E-state index in [1.165, 1.54) is 18.4 Å². The van der Waals surface area contributed by atoms with E-state index in [2.05, 4.69) is 43.2 Å². The van der Waals surface area contributed by atoms with Crippen molar-refractivity contribution in [3.63, 3.8) is 0 Å². The van der Waals surface area contributed by atoms with Gasteiger partial charge in [0.1, 0.15) is 23.7 Å². The molecule has 0 radical (unpaired) electrons. The lowest BCUT2D eigenvalue weighted by molar-refractivity contribution is -0.135. The summed E-state index contributed by atoms with van der Waals surface area (Å²) in [4.78, 5) is 28.0. The van der Waals surface area contributed by atoms with Gasteiger partial charge in [-0.05, 0) is 59.0 Å². The molecule has 2 N–H and O–H groups in total. The van der Waals surface area contributed by atoms with Crippen LogP contribution in [0.3, 0.4) is 0 Å². The van der Waals surface area contributed by atoms with Crippen LogP contribution in [0.1, 0.15) is 68.2 Å². The van der Waals surface area contributed by atoms with Gasteiger partial charge in [0.15, 0.2) is 0 Å². The summed E-state index contributed by atoms with van der Waals surface area (Å²) in [5.74, 6) is 0.465. The summed E-state index contributed by atoms with van der Waals surface area (Å²) in [6, 6.07) is 15.7. The molecule has 0 aliphatic heterocycles. The Balaban J connectivity index is 1.64. The number of carbonyl (C=O) groups is 2. The minimum Gasteiger partial charge on any atom is -0.480 e. The van der Waals surface area contributed by atoms with Gasteiger partial charge in [-0.15, -0.1) is 0 Å². The van der Waals surface area contributed by atoms with Gasteiger partial charge in [0.2, 0.25) is 0 Å². The molecule has 0 spiro atoms. The van der Waals surface area contributed by atoms with Gasteiger partial charge in [-0.25, -0.2) is 4.98 Å². The Morgan fingerprint density at radius 3 is 2.35 bits per heavy atom. The van der Waals surface area contributed by atoms with Crippen molar-refractivity contribution in [3.8, 4) is 11.5 Å². The van der Waals surface area contributed by atoms with Crippen molar-refractivity contribution in [2.45, 2.75) is 58.3 Å². The number of fused-ring (bicyclic) bond motifs is 1. The van der Waals surface area contributed by atoms with E-state index in [1.807, 2.05) is 30.3 Å². The molecule has 1 fully saturated rings. The van der Waals surface area contributed by atoms with Gasteiger partial charge in [0.05, 0.1) is 0 Å². The van der Waals surface area contributed by atoms with Gasteiger partial charge >= 0.3 is 5.97 Å². The topological polar surface area (TPSA) is 88.5 Å². The minimum atomic E-state index is -1.09. The first-order valence-electron chi connectivity index (χ1n) is 11.9. The molecule has 6 heteroatoms. The van der Waals surface area contributed by atoms with Crippen LogP contribution in [-0.2, 0) is 16.6 Å². The summed E-state index contributed by atoms with van der Waals surface area (Å²) in [6.07, 6.45) is 5.56. The highest BCUT2D eigenvalue weighted by molar-refractivity contribution is 5.98. The largest absolute Gasteiger partial charge is 0.480 e. The molecular weight excluding hydrogens is 428 g/mol. The Morgan fingerprint density at radius 1 is 1.03 bits per heavy atom. The number of nitrogens with zero attached hydrogens (tertiary/aromatic N) is 1. The van der Waals surface area contributed by atoms with E-state index in [9.17, 15) is 9.59 Å². The molecule has 0 unspecified atom stereocenters. The number of carboxylic acids is 1. The molecule has 0 bridgehead atoms. The Labute approximate surface area is 200 Å². The van der Waals surface area contributed by atoms with Crippen molar-refractivity contribution in [2.75, 3.05) is 6.54 Å². The van der Waals surface area contributed by atoms with Gasteiger partial charge in [0, 0.05) is 11.1 Å². The van der Waals surface area contributed by atoms with E-state index in [4.69, 9.17) is 9.84 Å². The van der Waals surface area contributed by atoms with Crippen LogP contribution in [0, 0.1) is 5.92 Å². The Morgan fingerprint density at radius 2 is 1.71 bits per heavy atom. The van der Waals surface area contributed by atoms with E-state index in [1.54, 1.807) is 6.07 Å². The van der Waals surface area contributed by atoms with Gasteiger partial charge in [0.25, 0.3) is 5.91 Å². The number of hydrogen-bond donors (Lipinski definition) is 2. The van der Waals surface area contributed by atoms with Crippen LogP contribution in [0.5, 0.6) is 11.5 Å². The summed E-state index contributed by atoms with van der Waals surface area (Å²) in [6.45, 7) is 6.11. The number of rotatable bonds is 7. The van der Waals surface area contributed by atoms with E-state index >= 15 is 0 Å². The van der Waals surface area contributed by atoms with E-state index < -0.39 is 18.4 Å². The Kier molecular flexibility index (Phi) is 6.87. The highest BCUT2D eigenvalue weighted by Gasteiger charge is 2.20. The zero-order valence-electron chi connectivity index (χ0n) is 20.1. The first kappa shape index (κ1) is 23.7. The molecule has 1 aliphatic rings. The van der Waals surface area contributed by atoms with Gasteiger partial charge in [-0.3, -0.25) is 9.59 Å². The third-order valence-electron chi connectivity index (χ3n) is 6.43.